The summed E-state index contributed by atoms with van der Waals surface area (Å²) in [6.45, 7) is 0.717. The maximum atomic E-state index is 5.03. The van der Waals surface area contributed by atoms with E-state index < -0.39 is 0 Å². The SMILES string of the molecule is c1cncc(-c2cncc(NCc3ccoc3)c2)c1. The van der Waals surface area contributed by atoms with Gasteiger partial charge in [-0.25, -0.2) is 0 Å². The summed E-state index contributed by atoms with van der Waals surface area (Å²) in [7, 11) is 0. The highest BCUT2D eigenvalue weighted by molar-refractivity contribution is 5.65. The molecule has 0 aliphatic rings. The van der Waals surface area contributed by atoms with Gasteiger partial charge in [0, 0.05) is 48.0 Å². The molecule has 0 aliphatic carbocycles. The van der Waals surface area contributed by atoms with E-state index in [-0.39, 0.29) is 0 Å². The summed E-state index contributed by atoms with van der Waals surface area (Å²) in [6.07, 6.45) is 10.6. The Kier molecular flexibility index (Phi) is 3.23. The van der Waals surface area contributed by atoms with Crippen LogP contribution in [-0.2, 0) is 6.54 Å². The summed E-state index contributed by atoms with van der Waals surface area (Å²) in [4.78, 5) is 8.36. The molecular formula is C15H13N3O. The first-order valence-electron chi connectivity index (χ1n) is 6.02. The third-order valence-electron chi connectivity index (χ3n) is 2.81. The van der Waals surface area contributed by atoms with Crippen LogP contribution in [0.1, 0.15) is 5.56 Å². The van der Waals surface area contributed by atoms with Crippen LogP contribution in [0.4, 0.5) is 5.69 Å². The van der Waals surface area contributed by atoms with Crippen molar-refractivity contribution in [2.24, 2.45) is 0 Å². The molecule has 0 aromatic carbocycles. The number of furan rings is 1. The van der Waals surface area contributed by atoms with Gasteiger partial charge in [-0.15, -0.1) is 0 Å². The van der Waals surface area contributed by atoms with Gasteiger partial charge in [0.2, 0.25) is 0 Å². The smallest absolute Gasteiger partial charge is 0.0952 e. The maximum Gasteiger partial charge on any atom is 0.0952 e. The van der Waals surface area contributed by atoms with Crippen molar-refractivity contribution in [1.82, 2.24) is 9.97 Å². The summed E-state index contributed by atoms with van der Waals surface area (Å²) in [5.41, 5.74) is 4.18. The summed E-state index contributed by atoms with van der Waals surface area (Å²) in [6, 6.07) is 7.93. The number of nitrogens with zero attached hydrogens (tertiary/aromatic N) is 2. The van der Waals surface area contributed by atoms with Crippen molar-refractivity contribution in [2.45, 2.75) is 6.54 Å². The van der Waals surface area contributed by atoms with Crippen molar-refractivity contribution in [3.8, 4) is 11.1 Å². The molecule has 0 bridgehead atoms. The van der Waals surface area contributed by atoms with Gasteiger partial charge in [-0.05, 0) is 18.2 Å². The predicted molar refractivity (Wildman–Crippen MR) is 73.5 cm³/mol. The van der Waals surface area contributed by atoms with E-state index in [1.807, 2.05) is 30.6 Å². The number of pyridine rings is 2. The number of hydrogen-bond acceptors (Lipinski definition) is 4. The Labute approximate surface area is 111 Å². The molecule has 1 N–H and O–H groups in total. The molecule has 0 saturated heterocycles. The predicted octanol–water partition coefficient (Wildman–Crippen LogP) is 3.35. The molecule has 0 spiro atoms. The second-order valence-corrected chi connectivity index (χ2v) is 4.19. The Morgan fingerprint density at radius 1 is 1.05 bits per heavy atom. The molecular weight excluding hydrogens is 238 g/mol. The molecule has 3 heterocycles. The first kappa shape index (κ1) is 11.5. The third kappa shape index (κ3) is 2.80. The number of rotatable bonds is 4. The van der Waals surface area contributed by atoms with Gasteiger partial charge in [0.05, 0.1) is 18.2 Å². The lowest BCUT2D eigenvalue weighted by Gasteiger charge is -2.06. The Morgan fingerprint density at radius 3 is 2.79 bits per heavy atom. The normalized spacial score (nSPS) is 10.3. The summed E-state index contributed by atoms with van der Waals surface area (Å²) >= 11 is 0. The van der Waals surface area contributed by atoms with Gasteiger partial charge in [0.15, 0.2) is 0 Å². The van der Waals surface area contributed by atoms with E-state index in [4.69, 9.17) is 4.42 Å². The quantitative estimate of drug-likeness (QED) is 0.772. The highest BCUT2D eigenvalue weighted by Crippen LogP contribution is 2.20. The van der Waals surface area contributed by atoms with Crippen LogP contribution < -0.4 is 5.32 Å². The molecule has 94 valence electrons. The van der Waals surface area contributed by atoms with Gasteiger partial charge in [0.1, 0.15) is 0 Å². The van der Waals surface area contributed by atoms with Crippen LogP contribution in [0.2, 0.25) is 0 Å². The van der Waals surface area contributed by atoms with Crippen molar-refractivity contribution < 1.29 is 4.42 Å². The number of nitrogens with one attached hydrogen (secondary N) is 1. The first-order valence-corrected chi connectivity index (χ1v) is 6.02. The van der Waals surface area contributed by atoms with E-state index in [9.17, 15) is 0 Å². The molecule has 19 heavy (non-hydrogen) atoms. The second-order valence-electron chi connectivity index (χ2n) is 4.19. The Balaban J connectivity index is 1.77. The van der Waals surface area contributed by atoms with Crippen LogP contribution in [0.25, 0.3) is 11.1 Å². The Bertz CT molecular complexity index is 636. The summed E-state index contributed by atoms with van der Waals surface area (Å²) in [5, 5.41) is 3.31. The van der Waals surface area contributed by atoms with Crippen LogP contribution >= 0.6 is 0 Å². The maximum absolute atomic E-state index is 5.03. The summed E-state index contributed by atoms with van der Waals surface area (Å²) < 4.78 is 5.03. The average Bonchev–Trinajstić information content (AvgIpc) is 3.00. The summed E-state index contributed by atoms with van der Waals surface area (Å²) in [5.74, 6) is 0. The lowest BCUT2D eigenvalue weighted by atomic mass is 10.1. The highest BCUT2D eigenvalue weighted by Gasteiger charge is 2.00. The van der Waals surface area contributed by atoms with Gasteiger partial charge in [-0.2, -0.15) is 0 Å². The molecule has 0 atom stereocenters. The van der Waals surface area contributed by atoms with Gasteiger partial charge >= 0.3 is 0 Å². The lowest BCUT2D eigenvalue weighted by molar-refractivity contribution is 0.564. The van der Waals surface area contributed by atoms with E-state index in [0.29, 0.717) is 6.54 Å². The second kappa shape index (κ2) is 5.35. The molecule has 4 nitrogen and oxygen atoms in total. The largest absolute Gasteiger partial charge is 0.472 e. The van der Waals surface area contributed by atoms with Crippen LogP contribution in [-0.4, -0.2) is 9.97 Å². The fraction of sp³-hybridized carbons (Fsp3) is 0.0667. The van der Waals surface area contributed by atoms with Crippen molar-refractivity contribution in [3.05, 3.63) is 67.1 Å². The van der Waals surface area contributed by atoms with Gasteiger partial charge in [0.25, 0.3) is 0 Å². The zero-order chi connectivity index (χ0) is 12.9. The Hall–Kier alpha value is -2.62. The highest BCUT2D eigenvalue weighted by atomic mass is 16.3. The van der Waals surface area contributed by atoms with Crippen LogP contribution in [0.15, 0.2) is 66.0 Å². The molecule has 3 rings (SSSR count). The van der Waals surface area contributed by atoms with Gasteiger partial charge in [-0.3, -0.25) is 9.97 Å². The number of aromatic nitrogens is 2. The minimum atomic E-state index is 0.717. The zero-order valence-electron chi connectivity index (χ0n) is 10.3. The monoisotopic (exact) mass is 251 g/mol. The Morgan fingerprint density at radius 2 is 2.00 bits per heavy atom. The van der Waals surface area contributed by atoms with E-state index in [2.05, 4.69) is 21.4 Å². The standard InChI is InChI=1S/C15H13N3O/c1-2-13(8-16-4-1)14-6-15(10-17-9-14)18-7-12-3-5-19-11-12/h1-6,8-11,18H,7H2. The zero-order valence-corrected chi connectivity index (χ0v) is 10.3. The fourth-order valence-electron chi connectivity index (χ4n) is 1.83. The van der Waals surface area contributed by atoms with Crippen LogP contribution in [0, 0.1) is 0 Å². The van der Waals surface area contributed by atoms with E-state index in [1.165, 1.54) is 0 Å². The molecule has 3 aromatic rings. The minimum Gasteiger partial charge on any atom is -0.472 e. The minimum absolute atomic E-state index is 0.717. The molecule has 0 unspecified atom stereocenters. The van der Waals surface area contributed by atoms with Gasteiger partial charge < -0.3 is 9.73 Å². The third-order valence-corrected chi connectivity index (χ3v) is 2.81. The average molecular weight is 251 g/mol. The molecule has 0 amide bonds. The molecule has 0 saturated carbocycles. The van der Waals surface area contributed by atoms with E-state index >= 15 is 0 Å². The topological polar surface area (TPSA) is 51.0 Å². The molecule has 3 aromatic heterocycles. The molecule has 0 aliphatic heterocycles. The van der Waals surface area contributed by atoms with Gasteiger partial charge in [-0.1, -0.05) is 6.07 Å². The molecule has 4 heteroatoms. The van der Waals surface area contributed by atoms with Crippen LogP contribution in [0.3, 0.4) is 0 Å². The van der Waals surface area contributed by atoms with E-state index in [0.717, 1.165) is 22.4 Å². The first-order chi connectivity index (χ1) is 9.42. The lowest BCUT2D eigenvalue weighted by Crippen LogP contribution is -1.98. The number of anilines is 1. The fourth-order valence-corrected chi connectivity index (χ4v) is 1.83. The van der Waals surface area contributed by atoms with Crippen molar-refractivity contribution in [3.63, 3.8) is 0 Å². The van der Waals surface area contributed by atoms with Crippen molar-refractivity contribution in [2.75, 3.05) is 5.32 Å². The van der Waals surface area contributed by atoms with E-state index in [1.54, 1.807) is 24.9 Å². The molecule has 0 fully saturated rings. The number of hydrogen-bond donors (Lipinski definition) is 1. The van der Waals surface area contributed by atoms with Crippen molar-refractivity contribution >= 4 is 5.69 Å². The molecule has 0 radical (unpaired) electrons. The van der Waals surface area contributed by atoms with Crippen LogP contribution in [0.5, 0.6) is 0 Å². The van der Waals surface area contributed by atoms with Crippen molar-refractivity contribution in [1.29, 1.82) is 0 Å².